The molecule has 0 amide bonds. The van der Waals surface area contributed by atoms with Crippen molar-refractivity contribution in [2.45, 2.75) is 13.1 Å². The lowest BCUT2D eigenvalue weighted by atomic mass is 10.1. The van der Waals surface area contributed by atoms with Gasteiger partial charge in [0.25, 0.3) is 0 Å². The van der Waals surface area contributed by atoms with Crippen LogP contribution in [0, 0.1) is 11.3 Å². The van der Waals surface area contributed by atoms with Crippen molar-refractivity contribution in [1.82, 2.24) is 20.1 Å². The van der Waals surface area contributed by atoms with E-state index in [2.05, 4.69) is 26.2 Å². The molecule has 2 heterocycles. The lowest BCUT2D eigenvalue weighted by molar-refractivity contribution is 0.413. The van der Waals surface area contributed by atoms with Gasteiger partial charge in [0.2, 0.25) is 0 Å². The molecule has 3 rings (SSSR count). The fourth-order valence-electron chi connectivity index (χ4n) is 2.23. The standard InChI is InChI=1S/C13H13N5O/c1-19-11-6-9(2-3-10(11)7-14)13-17-16-12-8-15-4-5-18(12)13/h2-3,6,15H,4-5,8H2,1H3. The molecule has 1 aromatic heterocycles. The van der Waals surface area contributed by atoms with E-state index in [1.807, 2.05) is 12.1 Å². The van der Waals surface area contributed by atoms with Crippen LogP contribution in [0.5, 0.6) is 5.75 Å². The third kappa shape index (κ3) is 1.94. The quantitative estimate of drug-likeness (QED) is 0.864. The molecule has 0 atom stereocenters. The summed E-state index contributed by atoms with van der Waals surface area (Å²) in [6, 6.07) is 7.56. The van der Waals surface area contributed by atoms with Gasteiger partial charge < -0.3 is 14.6 Å². The van der Waals surface area contributed by atoms with Crippen LogP contribution in [-0.2, 0) is 13.1 Å². The van der Waals surface area contributed by atoms with Crippen molar-refractivity contribution in [2.75, 3.05) is 13.7 Å². The van der Waals surface area contributed by atoms with Crippen LogP contribution >= 0.6 is 0 Å². The molecule has 0 aliphatic carbocycles. The average Bonchev–Trinajstić information content (AvgIpc) is 2.90. The molecule has 96 valence electrons. The zero-order valence-corrected chi connectivity index (χ0v) is 10.6. The van der Waals surface area contributed by atoms with Crippen LogP contribution in [-0.4, -0.2) is 28.4 Å². The largest absolute Gasteiger partial charge is 0.495 e. The molecule has 2 aromatic rings. The van der Waals surface area contributed by atoms with Crippen LogP contribution in [0.4, 0.5) is 0 Å². The first-order chi connectivity index (χ1) is 9.33. The molecular weight excluding hydrogens is 242 g/mol. The Balaban J connectivity index is 2.08. The normalized spacial score (nSPS) is 13.7. The summed E-state index contributed by atoms with van der Waals surface area (Å²) in [5.74, 6) is 2.31. The van der Waals surface area contributed by atoms with E-state index in [0.717, 1.165) is 36.8 Å². The summed E-state index contributed by atoms with van der Waals surface area (Å²) in [6.45, 7) is 2.49. The fraction of sp³-hybridized carbons (Fsp3) is 0.308. The maximum atomic E-state index is 8.99. The van der Waals surface area contributed by atoms with Gasteiger partial charge in [-0.1, -0.05) is 0 Å². The number of hydrogen-bond acceptors (Lipinski definition) is 5. The van der Waals surface area contributed by atoms with E-state index >= 15 is 0 Å². The molecule has 0 radical (unpaired) electrons. The summed E-state index contributed by atoms with van der Waals surface area (Å²) >= 11 is 0. The Morgan fingerprint density at radius 3 is 3.11 bits per heavy atom. The molecule has 6 heteroatoms. The van der Waals surface area contributed by atoms with Crippen LogP contribution in [0.2, 0.25) is 0 Å². The third-order valence-corrected chi connectivity index (χ3v) is 3.20. The van der Waals surface area contributed by atoms with Crippen LogP contribution in [0.15, 0.2) is 18.2 Å². The van der Waals surface area contributed by atoms with Crippen LogP contribution < -0.4 is 10.1 Å². The first-order valence-corrected chi connectivity index (χ1v) is 6.05. The van der Waals surface area contributed by atoms with Crippen molar-refractivity contribution in [3.8, 4) is 23.2 Å². The topological polar surface area (TPSA) is 75.8 Å². The highest BCUT2D eigenvalue weighted by atomic mass is 16.5. The number of rotatable bonds is 2. The Labute approximate surface area is 110 Å². The predicted molar refractivity (Wildman–Crippen MR) is 68.4 cm³/mol. The molecule has 19 heavy (non-hydrogen) atoms. The summed E-state index contributed by atoms with van der Waals surface area (Å²) < 4.78 is 7.32. The Kier molecular flexibility index (Phi) is 2.89. The number of methoxy groups -OCH3 is 1. The Bertz CT molecular complexity index is 656. The molecule has 0 spiro atoms. The minimum atomic E-state index is 0.520. The molecule has 0 saturated carbocycles. The van der Waals surface area contributed by atoms with Gasteiger partial charge in [0.1, 0.15) is 17.6 Å². The SMILES string of the molecule is COc1cc(-c2nnc3n2CCNC3)ccc1C#N. The first-order valence-electron chi connectivity index (χ1n) is 6.05. The monoisotopic (exact) mass is 255 g/mol. The maximum absolute atomic E-state index is 8.99. The van der Waals surface area contributed by atoms with Gasteiger partial charge in [-0.2, -0.15) is 5.26 Å². The van der Waals surface area contributed by atoms with E-state index in [4.69, 9.17) is 10.00 Å². The Morgan fingerprint density at radius 2 is 2.32 bits per heavy atom. The van der Waals surface area contributed by atoms with E-state index in [1.165, 1.54) is 0 Å². The minimum absolute atomic E-state index is 0.520. The molecule has 0 fully saturated rings. The van der Waals surface area contributed by atoms with E-state index in [9.17, 15) is 0 Å². The second kappa shape index (κ2) is 4.71. The lowest BCUT2D eigenvalue weighted by Gasteiger charge is -2.16. The number of nitrogens with one attached hydrogen (secondary N) is 1. The van der Waals surface area contributed by atoms with Gasteiger partial charge in [0.05, 0.1) is 19.2 Å². The van der Waals surface area contributed by atoms with Gasteiger partial charge in [-0.3, -0.25) is 0 Å². The fourth-order valence-corrected chi connectivity index (χ4v) is 2.23. The van der Waals surface area contributed by atoms with Gasteiger partial charge in [0.15, 0.2) is 5.82 Å². The van der Waals surface area contributed by atoms with Crippen LogP contribution in [0.3, 0.4) is 0 Å². The molecular formula is C13H13N5O. The van der Waals surface area contributed by atoms with Gasteiger partial charge in [0, 0.05) is 18.7 Å². The van der Waals surface area contributed by atoms with Crippen molar-refractivity contribution in [2.24, 2.45) is 0 Å². The smallest absolute Gasteiger partial charge is 0.164 e. The van der Waals surface area contributed by atoms with Crippen molar-refractivity contribution in [3.63, 3.8) is 0 Å². The number of aromatic nitrogens is 3. The second-order valence-corrected chi connectivity index (χ2v) is 4.30. The summed E-state index contributed by atoms with van der Waals surface area (Å²) in [7, 11) is 1.56. The van der Waals surface area contributed by atoms with E-state index in [1.54, 1.807) is 13.2 Å². The highest BCUT2D eigenvalue weighted by Crippen LogP contribution is 2.26. The van der Waals surface area contributed by atoms with E-state index in [-0.39, 0.29) is 0 Å². The molecule has 6 nitrogen and oxygen atoms in total. The van der Waals surface area contributed by atoms with Crippen molar-refractivity contribution < 1.29 is 4.74 Å². The molecule has 1 aliphatic heterocycles. The zero-order valence-electron chi connectivity index (χ0n) is 10.6. The molecule has 1 N–H and O–H groups in total. The molecule has 0 bridgehead atoms. The Morgan fingerprint density at radius 1 is 1.42 bits per heavy atom. The summed E-state index contributed by atoms with van der Waals surface area (Å²) in [5.41, 5.74) is 1.43. The predicted octanol–water partition coefficient (Wildman–Crippen LogP) is 0.929. The maximum Gasteiger partial charge on any atom is 0.164 e. The lowest BCUT2D eigenvalue weighted by Crippen LogP contribution is -2.28. The number of nitriles is 1. The van der Waals surface area contributed by atoms with Gasteiger partial charge in [-0.05, 0) is 18.2 Å². The van der Waals surface area contributed by atoms with Crippen molar-refractivity contribution in [1.29, 1.82) is 5.26 Å². The summed E-state index contributed by atoms with van der Waals surface area (Å²) in [5, 5.41) is 20.7. The second-order valence-electron chi connectivity index (χ2n) is 4.30. The number of nitrogens with zero attached hydrogens (tertiary/aromatic N) is 4. The van der Waals surface area contributed by atoms with Crippen molar-refractivity contribution in [3.05, 3.63) is 29.6 Å². The first kappa shape index (κ1) is 11.7. The molecule has 0 saturated heterocycles. The van der Waals surface area contributed by atoms with Crippen LogP contribution in [0.25, 0.3) is 11.4 Å². The van der Waals surface area contributed by atoms with Gasteiger partial charge >= 0.3 is 0 Å². The van der Waals surface area contributed by atoms with E-state index in [0.29, 0.717) is 11.3 Å². The van der Waals surface area contributed by atoms with Gasteiger partial charge in [-0.25, -0.2) is 0 Å². The molecule has 1 aromatic carbocycles. The molecule has 1 aliphatic rings. The van der Waals surface area contributed by atoms with Crippen molar-refractivity contribution >= 4 is 0 Å². The number of hydrogen-bond donors (Lipinski definition) is 1. The highest BCUT2D eigenvalue weighted by Gasteiger charge is 2.17. The molecule has 0 unspecified atom stereocenters. The highest BCUT2D eigenvalue weighted by molar-refractivity contribution is 5.61. The number of ether oxygens (including phenoxy) is 1. The minimum Gasteiger partial charge on any atom is -0.495 e. The zero-order chi connectivity index (χ0) is 13.2. The summed E-state index contributed by atoms with van der Waals surface area (Å²) in [6.07, 6.45) is 0. The third-order valence-electron chi connectivity index (χ3n) is 3.20. The average molecular weight is 255 g/mol. The number of fused-ring (bicyclic) bond motifs is 1. The van der Waals surface area contributed by atoms with Crippen LogP contribution in [0.1, 0.15) is 11.4 Å². The van der Waals surface area contributed by atoms with E-state index < -0.39 is 0 Å². The number of benzene rings is 1. The van der Waals surface area contributed by atoms with Gasteiger partial charge in [-0.15, -0.1) is 10.2 Å². The summed E-state index contributed by atoms with van der Waals surface area (Å²) in [4.78, 5) is 0. The Hall–Kier alpha value is -2.39.